The molecule has 0 atom stereocenters. The summed E-state index contributed by atoms with van der Waals surface area (Å²) in [4.78, 5) is 31.0. The van der Waals surface area contributed by atoms with Gasteiger partial charge in [-0.1, -0.05) is 30.7 Å². The van der Waals surface area contributed by atoms with Gasteiger partial charge in [0, 0.05) is 28.5 Å². The Morgan fingerprint density at radius 3 is 2.32 bits per heavy atom. The second kappa shape index (κ2) is 10.1. The van der Waals surface area contributed by atoms with E-state index in [1.54, 1.807) is 10.6 Å². The van der Waals surface area contributed by atoms with Gasteiger partial charge in [-0.25, -0.2) is 14.2 Å². The number of pyridine rings is 1. The van der Waals surface area contributed by atoms with Crippen molar-refractivity contribution in [2.75, 3.05) is 26.8 Å². The van der Waals surface area contributed by atoms with Crippen molar-refractivity contribution < 1.29 is 19.0 Å². The minimum absolute atomic E-state index is 0.215. The number of hydrogen-bond acceptors (Lipinski definition) is 7. The average molecular weight is 534 g/mol. The SMILES string of the molecule is CCc1nn2c(ncc3c(=O)n(NC(=O)c4cc(OC)c(OC)c(OC)c4)ccc32)c1-c1ccc(Cl)cc1. The zero-order valence-corrected chi connectivity index (χ0v) is 21.9. The molecule has 5 rings (SSSR count). The number of ether oxygens (including phenoxy) is 3. The second-order valence-electron chi connectivity index (χ2n) is 8.32. The number of rotatable bonds is 7. The molecule has 38 heavy (non-hydrogen) atoms. The van der Waals surface area contributed by atoms with Crippen molar-refractivity contribution in [1.82, 2.24) is 19.3 Å². The summed E-state index contributed by atoms with van der Waals surface area (Å²) in [6.07, 6.45) is 3.65. The van der Waals surface area contributed by atoms with Gasteiger partial charge in [-0.3, -0.25) is 15.0 Å². The van der Waals surface area contributed by atoms with E-state index in [4.69, 9.17) is 30.9 Å². The average Bonchev–Trinajstić information content (AvgIpc) is 3.33. The first-order chi connectivity index (χ1) is 18.4. The molecule has 0 unspecified atom stereocenters. The topological polar surface area (TPSA) is 109 Å². The number of aryl methyl sites for hydroxylation is 1. The Morgan fingerprint density at radius 1 is 1.03 bits per heavy atom. The molecule has 0 bridgehead atoms. The lowest BCUT2D eigenvalue weighted by atomic mass is 10.0. The van der Waals surface area contributed by atoms with Crippen LogP contribution in [0.5, 0.6) is 17.2 Å². The summed E-state index contributed by atoms with van der Waals surface area (Å²) in [5, 5.41) is 5.66. The first-order valence-corrected chi connectivity index (χ1v) is 12.1. The minimum Gasteiger partial charge on any atom is -0.493 e. The monoisotopic (exact) mass is 533 g/mol. The fraction of sp³-hybridized carbons (Fsp3) is 0.185. The van der Waals surface area contributed by atoms with Crippen LogP contribution in [-0.4, -0.2) is 46.5 Å². The van der Waals surface area contributed by atoms with E-state index in [0.29, 0.717) is 39.9 Å². The third-order valence-electron chi connectivity index (χ3n) is 6.20. The summed E-state index contributed by atoms with van der Waals surface area (Å²) < 4.78 is 18.7. The number of methoxy groups -OCH3 is 3. The maximum Gasteiger partial charge on any atom is 0.280 e. The first kappa shape index (κ1) is 25.1. The van der Waals surface area contributed by atoms with Crippen molar-refractivity contribution in [2.24, 2.45) is 0 Å². The molecule has 0 saturated heterocycles. The second-order valence-corrected chi connectivity index (χ2v) is 8.76. The van der Waals surface area contributed by atoms with E-state index >= 15 is 0 Å². The van der Waals surface area contributed by atoms with Gasteiger partial charge in [0.05, 0.1) is 37.9 Å². The number of amides is 1. The highest BCUT2D eigenvalue weighted by molar-refractivity contribution is 6.30. The van der Waals surface area contributed by atoms with E-state index < -0.39 is 11.5 Å². The molecule has 0 spiro atoms. The van der Waals surface area contributed by atoms with Crippen LogP contribution in [0.15, 0.2) is 59.7 Å². The van der Waals surface area contributed by atoms with E-state index in [0.717, 1.165) is 21.5 Å². The maximum absolute atomic E-state index is 13.3. The summed E-state index contributed by atoms with van der Waals surface area (Å²) >= 11 is 6.07. The maximum atomic E-state index is 13.3. The largest absolute Gasteiger partial charge is 0.493 e. The Balaban J connectivity index is 1.56. The van der Waals surface area contributed by atoms with Crippen LogP contribution in [0.4, 0.5) is 0 Å². The van der Waals surface area contributed by atoms with Gasteiger partial charge in [-0.15, -0.1) is 0 Å². The van der Waals surface area contributed by atoms with Crippen LogP contribution in [0, 0.1) is 0 Å². The molecule has 10 nitrogen and oxygen atoms in total. The van der Waals surface area contributed by atoms with Crippen LogP contribution in [-0.2, 0) is 6.42 Å². The van der Waals surface area contributed by atoms with Gasteiger partial charge in [0.1, 0.15) is 0 Å². The third kappa shape index (κ3) is 4.18. The quantitative estimate of drug-likeness (QED) is 0.331. The number of aromatic nitrogens is 4. The predicted octanol–water partition coefficient (Wildman–Crippen LogP) is 4.34. The zero-order chi connectivity index (χ0) is 27.0. The van der Waals surface area contributed by atoms with Gasteiger partial charge < -0.3 is 14.2 Å². The van der Waals surface area contributed by atoms with E-state index in [2.05, 4.69) is 10.4 Å². The molecule has 1 amide bonds. The number of carbonyl (C=O) groups is 1. The van der Waals surface area contributed by atoms with Gasteiger partial charge in [-0.05, 0) is 42.3 Å². The van der Waals surface area contributed by atoms with Gasteiger partial charge in [0.2, 0.25) is 5.75 Å². The third-order valence-corrected chi connectivity index (χ3v) is 6.45. The van der Waals surface area contributed by atoms with Crippen LogP contribution < -0.4 is 25.2 Å². The van der Waals surface area contributed by atoms with Crippen LogP contribution in [0.2, 0.25) is 5.02 Å². The lowest BCUT2D eigenvalue weighted by Gasteiger charge is -2.14. The van der Waals surface area contributed by atoms with Crippen molar-refractivity contribution in [1.29, 1.82) is 0 Å². The molecule has 0 aliphatic heterocycles. The molecule has 11 heteroatoms. The van der Waals surface area contributed by atoms with Crippen molar-refractivity contribution in [2.45, 2.75) is 13.3 Å². The number of carbonyl (C=O) groups excluding carboxylic acids is 1. The fourth-order valence-electron chi connectivity index (χ4n) is 4.35. The highest BCUT2D eigenvalue weighted by Gasteiger charge is 2.20. The minimum atomic E-state index is -0.544. The van der Waals surface area contributed by atoms with Crippen LogP contribution >= 0.6 is 11.6 Å². The number of nitrogens with zero attached hydrogens (tertiary/aromatic N) is 4. The molecule has 3 heterocycles. The molecule has 194 valence electrons. The Hall–Kier alpha value is -4.57. The summed E-state index contributed by atoms with van der Waals surface area (Å²) in [5.74, 6) is 0.443. The summed E-state index contributed by atoms with van der Waals surface area (Å²) in [5.41, 5.74) is 6.20. The van der Waals surface area contributed by atoms with Crippen LogP contribution in [0.1, 0.15) is 23.0 Å². The Labute approximate surface area is 222 Å². The molecule has 0 radical (unpaired) electrons. The van der Waals surface area contributed by atoms with Crippen LogP contribution in [0.25, 0.3) is 27.7 Å². The van der Waals surface area contributed by atoms with Crippen molar-refractivity contribution >= 4 is 34.1 Å². The van der Waals surface area contributed by atoms with Gasteiger partial charge in [-0.2, -0.15) is 5.10 Å². The van der Waals surface area contributed by atoms with E-state index in [9.17, 15) is 9.59 Å². The normalized spacial score (nSPS) is 11.1. The highest BCUT2D eigenvalue weighted by atomic mass is 35.5. The van der Waals surface area contributed by atoms with Gasteiger partial charge >= 0.3 is 0 Å². The molecule has 3 aromatic heterocycles. The summed E-state index contributed by atoms with van der Waals surface area (Å²) in [7, 11) is 4.39. The molecule has 1 N–H and O–H groups in total. The molecule has 0 saturated carbocycles. The van der Waals surface area contributed by atoms with E-state index in [-0.39, 0.29) is 10.9 Å². The molecule has 0 aliphatic carbocycles. The molecular formula is C27H24ClN5O5. The number of nitrogens with one attached hydrogen (secondary N) is 1. The number of benzene rings is 2. The van der Waals surface area contributed by atoms with Crippen molar-refractivity contribution in [3.05, 3.63) is 81.5 Å². The summed E-state index contributed by atoms with van der Waals surface area (Å²) in [6.45, 7) is 2.01. The molecule has 0 fully saturated rings. The molecule has 2 aromatic carbocycles. The summed E-state index contributed by atoms with van der Waals surface area (Å²) in [6, 6.07) is 12.2. The molecule has 0 aliphatic rings. The standard InChI is InChI=1S/C27H24ClN5O5/c1-5-19-23(15-6-8-17(28)9-7-15)25-29-14-18-20(33(25)30-19)10-11-32(27(18)35)31-26(34)16-12-21(36-2)24(38-4)22(13-16)37-3/h6-14H,5H2,1-4H3,(H,31,34). The number of halogens is 1. The number of hydrogen-bond donors (Lipinski definition) is 1. The fourth-order valence-corrected chi connectivity index (χ4v) is 4.47. The predicted molar refractivity (Wildman–Crippen MR) is 144 cm³/mol. The van der Waals surface area contributed by atoms with Crippen molar-refractivity contribution in [3.8, 4) is 28.4 Å². The van der Waals surface area contributed by atoms with E-state index in [1.165, 1.54) is 45.9 Å². The number of fused-ring (bicyclic) bond motifs is 3. The molecular weight excluding hydrogens is 510 g/mol. The lowest BCUT2D eigenvalue weighted by molar-refractivity contribution is 0.101. The highest BCUT2D eigenvalue weighted by Crippen LogP contribution is 2.38. The zero-order valence-electron chi connectivity index (χ0n) is 21.1. The van der Waals surface area contributed by atoms with Crippen molar-refractivity contribution in [3.63, 3.8) is 0 Å². The lowest BCUT2D eigenvalue weighted by Crippen LogP contribution is -2.33. The van der Waals surface area contributed by atoms with Crippen LogP contribution in [0.3, 0.4) is 0 Å². The Morgan fingerprint density at radius 2 is 1.71 bits per heavy atom. The molecule has 5 aromatic rings. The Bertz CT molecular complexity index is 1720. The van der Waals surface area contributed by atoms with Gasteiger partial charge in [0.15, 0.2) is 17.1 Å². The smallest absolute Gasteiger partial charge is 0.280 e. The van der Waals surface area contributed by atoms with Gasteiger partial charge in [0.25, 0.3) is 11.5 Å². The first-order valence-electron chi connectivity index (χ1n) is 11.7. The van der Waals surface area contributed by atoms with E-state index in [1.807, 2.05) is 31.2 Å². The Kier molecular flexibility index (Phi) is 6.64.